The molecule has 0 saturated heterocycles. The third-order valence-corrected chi connectivity index (χ3v) is 5.33. The van der Waals surface area contributed by atoms with Gasteiger partial charge >= 0.3 is 0 Å². The Morgan fingerprint density at radius 1 is 1.00 bits per heavy atom. The van der Waals surface area contributed by atoms with Crippen molar-refractivity contribution in [2.45, 2.75) is 27.0 Å². The van der Waals surface area contributed by atoms with Crippen LogP contribution in [0.4, 0.5) is 10.1 Å². The Hall–Kier alpha value is -2.24. The first-order valence-corrected chi connectivity index (χ1v) is 10.5. The van der Waals surface area contributed by atoms with Gasteiger partial charge in [-0.25, -0.2) is 4.39 Å². The Bertz CT molecular complexity index is 979. The van der Waals surface area contributed by atoms with Crippen LogP contribution in [0, 0.1) is 12.7 Å². The minimum absolute atomic E-state index is 0.267. The highest BCUT2D eigenvalue weighted by Gasteiger charge is 2.13. The van der Waals surface area contributed by atoms with Gasteiger partial charge in [0.05, 0.1) is 11.1 Å². The Kier molecular flexibility index (Phi) is 7.40. The van der Waals surface area contributed by atoms with E-state index in [1.165, 1.54) is 12.1 Å². The molecule has 152 valence electrons. The molecule has 0 saturated carbocycles. The van der Waals surface area contributed by atoms with Gasteiger partial charge in [0.2, 0.25) is 0 Å². The molecule has 3 nitrogen and oxygen atoms in total. The van der Waals surface area contributed by atoms with E-state index in [-0.39, 0.29) is 5.82 Å². The number of hydrogen-bond donors (Lipinski definition) is 1. The summed E-state index contributed by atoms with van der Waals surface area (Å²) in [6.45, 7) is 5.34. The van der Waals surface area contributed by atoms with E-state index in [0.717, 1.165) is 31.9 Å². The molecule has 0 fully saturated rings. The van der Waals surface area contributed by atoms with Crippen LogP contribution >= 0.6 is 27.5 Å². The van der Waals surface area contributed by atoms with Gasteiger partial charge in [-0.1, -0.05) is 29.8 Å². The lowest BCUT2D eigenvalue weighted by atomic mass is 10.1. The summed E-state index contributed by atoms with van der Waals surface area (Å²) in [7, 11) is 0. The molecule has 0 aromatic heterocycles. The van der Waals surface area contributed by atoms with Crippen molar-refractivity contribution in [2.24, 2.45) is 0 Å². The summed E-state index contributed by atoms with van der Waals surface area (Å²) in [5.41, 5.74) is 3.90. The zero-order valence-electron chi connectivity index (χ0n) is 16.3. The number of nitrogens with one attached hydrogen (secondary N) is 1. The fourth-order valence-corrected chi connectivity index (χ4v) is 3.55. The molecule has 0 bridgehead atoms. The van der Waals surface area contributed by atoms with Crippen molar-refractivity contribution in [1.29, 1.82) is 0 Å². The lowest BCUT2D eigenvalue weighted by Gasteiger charge is -2.16. The van der Waals surface area contributed by atoms with Crippen molar-refractivity contribution in [3.8, 4) is 11.5 Å². The van der Waals surface area contributed by atoms with Crippen molar-refractivity contribution in [3.05, 3.63) is 86.6 Å². The number of rotatable bonds is 8. The largest absolute Gasteiger partial charge is 0.490 e. The highest BCUT2D eigenvalue weighted by molar-refractivity contribution is 9.10. The molecule has 0 aliphatic heterocycles. The molecule has 1 N–H and O–H groups in total. The predicted octanol–water partition coefficient (Wildman–Crippen LogP) is 7.14. The monoisotopic (exact) mass is 477 g/mol. The maximum atomic E-state index is 13.1. The summed E-state index contributed by atoms with van der Waals surface area (Å²) < 4.78 is 25.6. The number of benzene rings is 3. The second kappa shape index (κ2) is 9.99. The average molecular weight is 479 g/mol. The fraction of sp³-hybridized carbons (Fsp3) is 0.217. The zero-order valence-corrected chi connectivity index (χ0v) is 18.6. The van der Waals surface area contributed by atoms with Crippen molar-refractivity contribution >= 4 is 33.2 Å². The van der Waals surface area contributed by atoms with Crippen LogP contribution in [0.5, 0.6) is 11.5 Å². The number of halogens is 3. The second-order valence-electron chi connectivity index (χ2n) is 6.57. The first-order valence-electron chi connectivity index (χ1n) is 9.28. The normalized spacial score (nSPS) is 10.7. The maximum absolute atomic E-state index is 13.1. The number of anilines is 1. The molecule has 3 aromatic carbocycles. The van der Waals surface area contributed by atoms with Gasteiger partial charge in [0.1, 0.15) is 12.4 Å². The summed E-state index contributed by atoms with van der Waals surface area (Å²) >= 11 is 9.78. The van der Waals surface area contributed by atoms with E-state index in [4.69, 9.17) is 21.1 Å². The molecule has 3 aromatic rings. The third-order valence-electron chi connectivity index (χ3n) is 4.33. The minimum atomic E-state index is -0.267. The van der Waals surface area contributed by atoms with Gasteiger partial charge in [0, 0.05) is 17.3 Å². The van der Waals surface area contributed by atoms with Crippen LogP contribution in [0.25, 0.3) is 0 Å². The van der Waals surface area contributed by atoms with E-state index < -0.39 is 0 Å². The minimum Gasteiger partial charge on any atom is -0.490 e. The fourth-order valence-electron chi connectivity index (χ4n) is 2.77. The van der Waals surface area contributed by atoms with Crippen LogP contribution in [0.1, 0.15) is 23.6 Å². The molecular weight excluding hydrogens is 457 g/mol. The molecular formula is C23H22BrClFNO2. The van der Waals surface area contributed by atoms with Crippen LogP contribution < -0.4 is 14.8 Å². The summed E-state index contributed by atoms with van der Waals surface area (Å²) in [4.78, 5) is 0. The summed E-state index contributed by atoms with van der Waals surface area (Å²) in [5, 5.41) is 4.10. The SMILES string of the molecule is CCOc1cc(CNc2ccc(C)c(Cl)c2)cc(Br)c1OCc1ccc(F)cc1. The molecule has 0 radical (unpaired) electrons. The van der Waals surface area contributed by atoms with E-state index in [0.29, 0.717) is 31.3 Å². The smallest absolute Gasteiger partial charge is 0.175 e. The molecule has 6 heteroatoms. The van der Waals surface area contributed by atoms with Crippen molar-refractivity contribution < 1.29 is 13.9 Å². The third kappa shape index (κ3) is 5.87. The van der Waals surface area contributed by atoms with Crippen LogP contribution in [0.15, 0.2) is 59.1 Å². The Labute approximate surface area is 183 Å². The highest BCUT2D eigenvalue weighted by Crippen LogP contribution is 2.37. The highest BCUT2D eigenvalue weighted by atomic mass is 79.9. The molecule has 0 aliphatic rings. The first kappa shape index (κ1) is 21.5. The standard InChI is InChI=1S/C23H22BrClFNO2/c1-3-28-22-11-17(13-27-19-9-4-15(2)21(25)12-19)10-20(24)23(22)29-14-16-5-7-18(26)8-6-16/h4-12,27H,3,13-14H2,1-2H3. The van der Waals surface area contributed by atoms with Gasteiger partial charge in [-0.2, -0.15) is 0 Å². The number of ether oxygens (including phenoxy) is 2. The van der Waals surface area contributed by atoms with Crippen LogP contribution in [-0.2, 0) is 13.2 Å². The summed E-state index contributed by atoms with van der Waals surface area (Å²) in [6, 6.07) is 16.1. The lowest BCUT2D eigenvalue weighted by molar-refractivity contribution is 0.267. The van der Waals surface area contributed by atoms with Gasteiger partial charge in [-0.15, -0.1) is 0 Å². The maximum Gasteiger partial charge on any atom is 0.175 e. The van der Waals surface area contributed by atoms with Crippen LogP contribution in [0.3, 0.4) is 0 Å². The molecule has 0 amide bonds. The Morgan fingerprint density at radius 3 is 2.45 bits per heavy atom. The van der Waals surface area contributed by atoms with Gasteiger partial charge in [0.15, 0.2) is 11.5 Å². The quantitative estimate of drug-likeness (QED) is 0.373. The molecule has 0 atom stereocenters. The van der Waals surface area contributed by atoms with Crippen molar-refractivity contribution in [1.82, 2.24) is 0 Å². The van der Waals surface area contributed by atoms with Crippen molar-refractivity contribution in [2.75, 3.05) is 11.9 Å². The predicted molar refractivity (Wildman–Crippen MR) is 120 cm³/mol. The summed E-state index contributed by atoms with van der Waals surface area (Å²) in [6.07, 6.45) is 0. The molecule has 0 aliphatic carbocycles. The summed E-state index contributed by atoms with van der Waals surface area (Å²) in [5.74, 6) is 1.01. The van der Waals surface area contributed by atoms with E-state index in [9.17, 15) is 4.39 Å². The topological polar surface area (TPSA) is 30.5 Å². The van der Waals surface area contributed by atoms with E-state index in [1.54, 1.807) is 12.1 Å². The van der Waals surface area contributed by atoms with Gasteiger partial charge in [-0.3, -0.25) is 0 Å². The second-order valence-corrected chi connectivity index (χ2v) is 7.83. The Balaban J connectivity index is 1.74. The lowest BCUT2D eigenvalue weighted by Crippen LogP contribution is -2.04. The van der Waals surface area contributed by atoms with E-state index in [2.05, 4.69) is 21.2 Å². The Morgan fingerprint density at radius 2 is 1.76 bits per heavy atom. The first-order chi connectivity index (χ1) is 14.0. The van der Waals surface area contributed by atoms with Crippen LogP contribution in [0.2, 0.25) is 5.02 Å². The molecule has 3 rings (SSSR count). The van der Waals surface area contributed by atoms with E-state index >= 15 is 0 Å². The molecule has 0 heterocycles. The number of hydrogen-bond acceptors (Lipinski definition) is 3. The molecule has 0 unspecified atom stereocenters. The van der Waals surface area contributed by atoms with Gasteiger partial charge in [-0.05, 0) is 82.9 Å². The molecule has 29 heavy (non-hydrogen) atoms. The zero-order chi connectivity index (χ0) is 20.8. The number of aryl methyl sites for hydroxylation is 1. The average Bonchev–Trinajstić information content (AvgIpc) is 2.70. The molecule has 0 spiro atoms. The van der Waals surface area contributed by atoms with E-state index in [1.807, 2.05) is 44.2 Å². The van der Waals surface area contributed by atoms with Gasteiger partial charge < -0.3 is 14.8 Å². The van der Waals surface area contributed by atoms with Crippen molar-refractivity contribution in [3.63, 3.8) is 0 Å². The van der Waals surface area contributed by atoms with Gasteiger partial charge in [0.25, 0.3) is 0 Å². The van der Waals surface area contributed by atoms with Crippen LogP contribution in [-0.4, -0.2) is 6.61 Å².